The van der Waals surface area contributed by atoms with Crippen molar-refractivity contribution < 1.29 is 9.59 Å². The Morgan fingerprint density at radius 1 is 1.12 bits per heavy atom. The van der Waals surface area contributed by atoms with Gasteiger partial charge in [0, 0.05) is 24.4 Å². The molecular formula is C12H9N3O2. The molecule has 0 aliphatic heterocycles. The van der Waals surface area contributed by atoms with Gasteiger partial charge in [-0.2, -0.15) is 0 Å². The second-order valence-electron chi connectivity index (χ2n) is 4.02. The average molecular weight is 227 g/mol. The van der Waals surface area contributed by atoms with E-state index in [1.165, 1.54) is 4.68 Å². The van der Waals surface area contributed by atoms with Crippen LogP contribution in [0.25, 0.3) is 0 Å². The predicted octanol–water partition coefficient (Wildman–Crippen LogP) is 0.978. The standard InChI is InChI=1S/C12H9N3O2/c1-15-6-9(13-14-15)10-11(16)7-4-2-3-5-8(7)12(10)17/h2-6,10H,1H3. The first kappa shape index (κ1) is 9.89. The van der Waals surface area contributed by atoms with Gasteiger partial charge in [-0.15, -0.1) is 5.10 Å². The zero-order chi connectivity index (χ0) is 12.0. The van der Waals surface area contributed by atoms with Gasteiger partial charge in [-0.1, -0.05) is 29.5 Å². The van der Waals surface area contributed by atoms with Crippen LogP contribution in [0.5, 0.6) is 0 Å². The van der Waals surface area contributed by atoms with Gasteiger partial charge < -0.3 is 0 Å². The monoisotopic (exact) mass is 227 g/mol. The number of nitrogens with zero attached hydrogens (tertiary/aromatic N) is 3. The minimum Gasteiger partial charge on any atom is -0.293 e. The Morgan fingerprint density at radius 2 is 1.71 bits per heavy atom. The molecule has 0 amide bonds. The number of rotatable bonds is 1. The van der Waals surface area contributed by atoms with Crippen LogP contribution < -0.4 is 0 Å². The summed E-state index contributed by atoms with van der Waals surface area (Å²) in [6, 6.07) is 6.85. The normalized spacial score (nSPS) is 15.4. The van der Waals surface area contributed by atoms with Crippen LogP contribution in [0.2, 0.25) is 0 Å². The van der Waals surface area contributed by atoms with Crippen molar-refractivity contribution in [2.75, 3.05) is 0 Å². The van der Waals surface area contributed by atoms with Gasteiger partial charge in [0.15, 0.2) is 11.6 Å². The van der Waals surface area contributed by atoms with E-state index in [0.717, 1.165) is 0 Å². The van der Waals surface area contributed by atoms with Crippen LogP contribution in [0.1, 0.15) is 32.3 Å². The van der Waals surface area contributed by atoms with Gasteiger partial charge in [0.25, 0.3) is 0 Å². The van der Waals surface area contributed by atoms with E-state index in [9.17, 15) is 9.59 Å². The van der Waals surface area contributed by atoms with Gasteiger partial charge in [-0.05, 0) is 0 Å². The highest BCUT2D eigenvalue weighted by Gasteiger charge is 2.40. The number of aromatic nitrogens is 3. The molecule has 1 aromatic heterocycles. The molecule has 1 aliphatic carbocycles. The molecule has 0 atom stereocenters. The van der Waals surface area contributed by atoms with Crippen molar-refractivity contribution in [2.24, 2.45) is 7.05 Å². The fourth-order valence-electron chi connectivity index (χ4n) is 2.11. The second-order valence-corrected chi connectivity index (χ2v) is 4.02. The number of aryl methyl sites for hydroxylation is 1. The highest BCUT2D eigenvalue weighted by molar-refractivity contribution is 6.29. The van der Waals surface area contributed by atoms with Crippen LogP contribution in [-0.4, -0.2) is 26.6 Å². The highest BCUT2D eigenvalue weighted by Crippen LogP contribution is 2.32. The first-order valence-corrected chi connectivity index (χ1v) is 5.22. The molecule has 0 saturated carbocycles. The van der Waals surface area contributed by atoms with Crippen LogP contribution in [0, 0.1) is 0 Å². The number of carbonyl (C=O) groups is 2. The smallest absolute Gasteiger partial charge is 0.180 e. The molecule has 5 heteroatoms. The zero-order valence-electron chi connectivity index (χ0n) is 9.12. The highest BCUT2D eigenvalue weighted by atomic mass is 16.2. The topological polar surface area (TPSA) is 64.8 Å². The molecule has 0 radical (unpaired) electrons. The van der Waals surface area contributed by atoms with Crippen LogP contribution in [0.15, 0.2) is 30.5 Å². The van der Waals surface area contributed by atoms with Gasteiger partial charge in [0.1, 0.15) is 11.6 Å². The maximum Gasteiger partial charge on any atom is 0.180 e. The Labute approximate surface area is 97.1 Å². The summed E-state index contributed by atoms with van der Waals surface area (Å²) in [5.41, 5.74) is 1.38. The molecule has 3 rings (SSSR count). The first-order chi connectivity index (χ1) is 8.18. The molecule has 2 aromatic rings. The Bertz CT molecular complexity index is 595. The lowest BCUT2D eigenvalue weighted by atomic mass is 10.0. The van der Waals surface area contributed by atoms with E-state index in [1.54, 1.807) is 37.5 Å². The SMILES string of the molecule is Cn1cc(C2C(=O)c3ccccc3C2=O)nn1. The number of Topliss-reactive ketones (excluding diaryl/α,β-unsaturated/α-hetero) is 2. The molecule has 1 aliphatic rings. The summed E-state index contributed by atoms with van der Waals surface area (Å²) in [5.74, 6) is -1.20. The van der Waals surface area contributed by atoms with Gasteiger partial charge in [-0.25, -0.2) is 0 Å². The first-order valence-electron chi connectivity index (χ1n) is 5.22. The van der Waals surface area contributed by atoms with Crippen molar-refractivity contribution in [1.82, 2.24) is 15.0 Å². The van der Waals surface area contributed by atoms with Crippen molar-refractivity contribution in [1.29, 1.82) is 0 Å². The van der Waals surface area contributed by atoms with E-state index in [1.807, 2.05) is 0 Å². The summed E-state index contributed by atoms with van der Waals surface area (Å²) in [4.78, 5) is 24.2. The van der Waals surface area contributed by atoms with Crippen molar-refractivity contribution in [3.05, 3.63) is 47.3 Å². The third kappa shape index (κ3) is 1.32. The molecule has 0 spiro atoms. The van der Waals surface area contributed by atoms with Crippen LogP contribution in [0.4, 0.5) is 0 Å². The molecule has 1 heterocycles. The van der Waals surface area contributed by atoms with Crippen molar-refractivity contribution in [3.8, 4) is 0 Å². The van der Waals surface area contributed by atoms with Crippen molar-refractivity contribution >= 4 is 11.6 Å². The Kier molecular flexibility index (Phi) is 1.95. The van der Waals surface area contributed by atoms with Crippen LogP contribution >= 0.6 is 0 Å². The largest absolute Gasteiger partial charge is 0.293 e. The van der Waals surface area contributed by atoms with E-state index >= 15 is 0 Å². The second kappa shape index (κ2) is 3.35. The van der Waals surface area contributed by atoms with E-state index in [4.69, 9.17) is 0 Å². The summed E-state index contributed by atoms with van der Waals surface area (Å²) in [6.45, 7) is 0. The zero-order valence-corrected chi connectivity index (χ0v) is 9.12. The van der Waals surface area contributed by atoms with Gasteiger partial charge in [0.2, 0.25) is 0 Å². The summed E-state index contributed by atoms with van der Waals surface area (Å²) in [5, 5.41) is 7.61. The van der Waals surface area contributed by atoms with Crippen LogP contribution in [0.3, 0.4) is 0 Å². The quantitative estimate of drug-likeness (QED) is 0.681. The Hall–Kier alpha value is -2.30. The molecule has 0 unspecified atom stereocenters. The summed E-state index contributed by atoms with van der Waals surface area (Å²) >= 11 is 0. The van der Waals surface area contributed by atoms with E-state index in [-0.39, 0.29) is 11.6 Å². The molecule has 84 valence electrons. The number of ketones is 2. The summed E-state index contributed by atoms with van der Waals surface area (Å²) in [6.07, 6.45) is 1.60. The number of carbonyl (C=O) groups excluding carboxylic acids is 2. The Morgan fingerprint density at radius 3 is 2.18 bits per heavy atom. The molecule has 0 N–H and O–H groups in total. The minimum atomic E-state index is -0.818. The molecule has 0 fully saturated rings. The van der Waals surface area contributed by atoms with E-state index in [0.29, 0.717) is 16.8 Å². The van der Waals surface area contributed by atoms with Crippen molar-refractivity contribution in [3.63, 3.8) is 0 Å². The lowest BCUT2D eigenvalue weighted by molar-refractivity contribution is 0.0888. The van der Waals surface area contributed by atoms with Crippen molar-refractivity contribution in [2.45, 2.75) is 5.92 Å². The molecule has 0 saturated heterocycles. The third-order valence-corrected chi connectivity index (χ3v) is 2.90. The molecule has 1 aromatic carbocycles. The number of benzene rings is 1. The van der Waals surface area contributed by atoms with E-state index in [2.05, 4.69) is 10.3 Å². The molecule has 0 bridgehead atoms. The summed E-state index contributed by atoms with van der Waals surface area (Å²) in [7, 11) is 1.70. The lowest BCUT2D eigenvalue weighted by Gasteiger charge is -2.00. The van der Waals surface area contributed by atoms with Gasteiger partial charge >= 0.3 is 0 Å². The number of hydrogen-bond acceptors (Lipinski definition) is 4. The molecule has 17 heavy (non-hydrogen) atoms. The van der Waals surface area contributed by atoms with Crippen LogP contribution in [-0.2, 0) is 7.05 Å². The fourth-order valence-corrected chi connectivity index (χ4v) is 2.11. The number of fused-ring (bicyclic) bond motifs is 1. The minimum absolute atomic E-state index is 0.189. The van der Waals surface area contributed by atoms with Gasteiger partial charge in [0.05, 0.1) is 0 Å². The molecule has 5 nitrogen and oxygen atoms in total. The Balaban J connectivity index is 2.12. The van der Waals surface area contributed by atoms with Gasteiger partial charge in [-0.3, -0.25) is 14.3 Å². The van der Waals surface area contributed by atoms with E-state index < -0.39 is 5.92 Å². The summed E-state index contributed by atoms with van der Waals surface area (Å²) < 4.78 is 1.48. The fraction of sp³-hybridized carbons (Fsp3) is 0.167. The lowest BCUT2D eigenvalue weighted by Crippen LogP contribution is -2.13. The third-order valence-electron chi connectivity index (χ3n) is 2.90. The predicted molar refractivity (Wildman–Crippen MR) is 58.8 cm³/mol. The maximum absolute atomic E-state index is 12.1. The molecular weight excluding hydrogens is 218 g/mol. The number of hydrogen-bond donors (Lipinski definition) is 0. The maximum atomic E-state index is 12.1. The average Bonchev–Trinajstić information content (AvgIpc) is 2.84.